The normalized spacial score (nSPS) is 10.4. The number of nitrogens with zero attached hydrogens (tertiary/aromatic N) is 3. The second kappa shape index (κ2) is 6.33. The topological polar surface area (TPSA) is 85.1 Å². The van der Waals surface area contributed by atoms with Crippen LogP contribution in [-0.4, -0.2) is 31.4 Å². The molecule has 7 heteroatoms. The van der Waals surface area contributed by atoms with E-state index in [0.29, 0.717) is 11.7 Å². The van der Waals surface area contributed by atoms with Crippen LogP contribution in [0.15, 0.2) is 40.4 Å². The molecule has 0 amide bonds. The van der Waals surface area contributed by atoms with E-state index in [2.05, 4.69) is 9.97 Å². The van der Waals surface area contributed by atoms with E-state index in [1.54, 1.807) is 10.8 Å². The lowest BCUT2D eigenvalue weighted by Gasteiger charge is -2.10. The third-order valence-electron chi connectivity index (χ3n) is 2.45. The molecule has 0 radical (unpaired) electrons. The van der Waals surface area contributed by atoms with Gasteiger partial charge < -0.3 is 9.67 Å². The van der Waals surface area contributed by atoms with E-state index in [9.17, 15) is 9.59 Å². The van der Waals surface area contributed by atoms with Crippen LogP contribution in [-0.2, 0) is 11.3 Å². The molecule has 0 saturated carbocycles. The molecule has 2 heterocycles. The smallest absolute Gasteiger partial charge is 0.313 e. The molecule has 0 unspecified atom stereocenters. The minimum atomic E-state index is -0.951. The maximum absolute atomic E-state index is 11.3. The van der Waals surface area contributed by atoms with E-state index < -0.39 is 5.97 Å². The molecule has 0 fully saturated rings. The molecule has 2 aromatic rings. The van der Waals surface area contributed by atoms with Gasteiger partial charge in [0.25, 0.3) is 5.56 Å². The van der Waals surface area contributed by atoms with Crippen molar-refractivity contribution in [3.8, 4) is 0 Å². The minimum absolute atomic E-state index is 0.141. The Morgan fingerprint density at radius 2 is 2.15 bits per heavy atom. The van der Waals surface area contributed by atoms with Crippen LogP contribution in [0.3, 0.4) is 0 Å². The summed E-state index contributed by atoms with van der Waals surface area (Å²) < 4.78 is 1.72. The maximum atomic E-state index is 11.3. The second-order valence-corrected chi connectivity index (χ2v) is 5.07. The average Bonchev–Trinajstić information content (AvgIpc) is 2.39. The summed E-state index contributed by atoms with van der Waals surface area (Å²) >= 11 is 1.02. The fourth-order valence-electron chi connectivity index (χ4n) is 1.64. The standard InChI is InChI=1S/C13H13N3O3S/c1-9-3-2-4-10(14-9)7-16-6-5-11(17)15-13(16)20-8-12(18)19/h2-6H,7-8H2,1H3,(H,18,19). The molecule has 20 heavy (non-hydrogen) atoms. The molecule has 0 saturated heterocycles. The second-order valence-electron chi connectivity index (χ2n) is 4.13. The average molecular weight is 291 g/mol. The predicted molar refractivity (Wildman–Crippen MR) is 74.9 cm³/mol. The Morgan fingerprint density at radius 1 is 1.35 bits per heavy atom. The first kappa shape index (κ1) is 14.3. The van der Waals surface area contributed by atoms with Crippen molar-refractivity contribution in [2.24, 2.45) is 0 Å². The molecular weight excluding hydrogens is 278 g/mol. The lowest BCUT2D eigenvalue weighted by Crippen LogP contribution is -2.15. The van der Waals surface area contributed by atoms with Gasteiger partial charge >= 0.3 is 5.97 Å². The summed E-state index contributed by atoms with van der Waals surface area (Å²) in [5.41, 5.74) is 1.34. The summed E-state index contributed by atoms with van der Waals surface area (Å²) in [7, 11) is 0. The Hall–Kier alpha value is -2.15. The number of hydrogen-bond acceptors (Lipinski definition) is 5. The first-order chi connectivity index (χ1) is 9.54. The van der Waals surface area contributed by atoms with E-state index in [-0.39, 0.29) is 11.3 Å². The Bertz CT molecular complexity index is 685. The number of rotatable bonds is 5. The molecule has 0 bridgehead atoms. The summed E-state index contributed by atoms with van der Waals surface area (Å²) in [6.45, 7) is 2.34. The molecule has 104 valence electrons. The van der Waals surface area contributed by atoms with Crippen LogP contribution >= 0.6 is 11.8 Å². The number of aromatic nitrogens is 3. The molecule has 6 nitrogen and oxygen atoms in total. The van der Waals surface area contributed by atoms with Crippen LogP contribution < -0.4 is 5.56 Å². The summed E-state index contributed by atoms with van der Waals surface area (Å²) in [5, 5.41) is 9.09. The largest absolute Gasteiger partial charge is 0.481 e. The number of pyridine rings is 1. The highest BCUT2D eigenvalue weighted by molar-refractivity contribution is 7.99. The van der Waals surface area contributed by atoms with Crippen molar-refractivity contribution in [2.45, 2.75) is 18.6 Å². The van der Waals surface area contributed by atoms with Gasteiger partial charge in [0, 0.05) is 18.0 Å². The van der Waals surface area contributed by atoms with E-state index in [1.165, 1.54) is 6.07 Å². The molecule has 0 aliphatic carbocycles. The monoisotopic (exact) mass is 291 g/mol. The van der Waals surface area contributed by atoms with Crippen LogP contribution in [0, 0.1) is 6.92 Å². The van der Waals surface area contributed by atoms with Gasteiger partial charge in [0.2, 0.25) is 0 Å². The Kier molecular flexibility index (Phi) is 4.52. The number of thioether (sulfide) groups is 1. The number of carbonyl (C=O) groups is 1. The number of aliphatic carboxylic acids is 1. The zero-order valence-corrected chi connectivity index (χ0v) is 11.6. The minimum Gasteiger partial charge on any atom is -0.481 e. The predicted octanol–water partition coefficient (Wildman–Crippen LogP) is 1.17. The maximum Gasteiger partial charge on any atom is 0.313 e. The lowest BCUT2D eigenvalue weighted by molar-refractivity contribution is -0.133. The van der Waals surface area contributed by atoms with Crippen LogP contribution in [0.25, 0.3) is 0 Å². The van der Waals surface area contributed by atoms with Crippen molar-refractivity contribution in [3.63, 3.8) is 0 Å². The zero-order valence-electron chi connectivity index (χ0n) is 10.8. The van der Waals surface area contributed by atoms with E-state index in [0.717, 1.165) is 23.1 Å². The fraction of sp³-hybridized carbons (Fsp3) is 0.231. The first-order valence-electron chi connectivity index (χ1n) is 5.89. The van der Waals surface area contributed by atoms with Gasteiger partial charge in [-0.25, -0.2) is 0 Å². The van der Waals surface area contributed by atoms with Crippen molar-refractivity contribution < 1.29 is 9.90 Å². The van der Waals surface area contributed by atoms with Crippen molar-refractivity contribution in [1.82, 2.24) is 14.5 Å². The SMILES string of the molecule is Cc1cccc(Cn2ccc(=O)nc2SCC(=O)O)n1. The summed E-state index contributed by atoms with van der Waals surface area (Å²) in [6.07, 6.45) is 1.60. The molecule has 1 N–H and O–H groups in total. The Balaban J connectivity index is 2.26. The number of aryl methyl sites for hydroxylation is 1. The Morgan fingerprint density at radius 3 is 2.85 bits per heavy atom. The van der Waals surface area contributed by atoms with Crippen LogP contribution in [0.4, 0.5) is 0 Å². The fourth-order valence-corrected chi connectivity index (χ4v) is 2.34. The van der Waals surface area contributed by atoms with Gasteiger partial charge in [-0.1, -0.05) is 17.8 Å². The van der Waals surface area contributed by atoms with Crippen LogP contribution in [0.1, 0.15) is 11.4 Å². The first-order valence-corrected chi connectivity index (χ1v) is 6.88. The highest BCUT2D eigenvalue weighted by Crippen LogP contribution is 2.14. The molecule has 0 atom stereocenters. The van der Waals surface area contributed by atoms with E-state index in [4.69, 9.17) is 5.11 Å². The number of carboxylic acid groups (broad SMARTS) is 1. The quantitative estimate of drug-likeness (QED) is 0.657. The molecule has 2 aromatic heterocycles. The van der Waals surface area contributed by atoms with Crippen LogP contribution in [0.2, 0.25) is 0 Å². The van der Waals surface area contributed by atoms with Crippen molar-refractivity contribution in [3.05, 3.63) is 52.2 Å². The van der Waals surface area contributed by atoms with Gasteiger partial charge in [0.15, 0.2) is 5.16 Å². The molecule has 2 rings (SSSR count). The van der Waals surface area contributed by atoms with Crippen molar-refractivity contribution in [1.29, 1.82) is 0 Å². The zero-order chi connectivity index (χ0) is 14.5. The number of hydrogen-bond donors (Lipinski definition) is 1. The van der Waals surface area contributed by atoms with Crippen LogP contribution in [0.5, 0.6) is 0 Å². The van der Waals surface area contributed by atoms with Gasteiger partial charge in [-0.15, -0.1) is 0 Å². The molecule has 0 spiro atoms. The third-order valence-corrected chi connectivity index (χ3v) is 3.43. The van der Waals surface area contributed by atoms with Gasteiger partial charge in [0.05, 0.1) is 18.0 Å². The molecule has 0 aromatic carbocycles. The van der Waals surface area contributed by atoms with E-state index >= 15 is 0 Å². The summed E-state index contributed by atoms with van der Waals surface area (Å²) in [4.78, 5) is 30.1. The Labute approximate surface area is 119 Å². The van der Waals surface area contributed by atoms with Gasteiger partial charge in [-0.05, 0) is 19.1 Å². The lowest BCUT2D eigenvalue weighted by atomic mass is 10.3. The highest BCUT2D eigenvalue weighted by atomic mass is 32.2. The van der Waals surface area contributed by atoms with Gasteiger partial charge in [-0.2, -0.15) is 4.98 Å². The highest BCUT2D eigenvalue weighted by Gasteiger charge is 2.08. The summed E-state index contributed by atoms with van der Waals surface area (Å²) in [5.74, 6) is -1.09. The van der Waals surface area contributed by atoms with Crippen molar-refractivity contribution >= 4 is 17.7 Å². The van der Waals surface area contributed by atoms with Gasteiger partial charge in [-0.3, -0.25) is 14.6 Å². The molecular formula is C13H13N3O3S. The van der Waals surface area contributed by atoms with E-state index in [1.807, 2.05) is 25.1 Å². The van der Waals surface area contributed by atoms with Crippen molar-refractivity contribution in [2.75, 3.05) is 5.75 Å². The summed E-state index contributed by atoms with van der Waals surface area (Å²) in [6, 6.07) is 7.02. The third kappa shape index (κ3) is 3.92. The molecule has 0 aliphatic heterocycles. The number of carboxylic acids is 1. The molecule has 0 aliphatic rings. The van der Waals surface area contributed by atoms with Gasteiger partial charge in [0.1, 0.15) is 0 Å².